The summed E-state index contributed by atoms with van der Waals surface area (Å²) >= 11 is 0. The van der Waals surface area contributed by atoms with Gasteiger partial charge in [0.05, 0.1) is 12.8 Å². The predicted molar refractivity (Wildman–Crippen MR) is 116 cm³/mol. The van der Waals surface area contributed by atoms with Gasteiger partial charge in [0, 0.05) is 50.2 Å². The number of hydrogen-bond donors (Lipinski definition) is 3. The molecule has 0 unspecified atom stereocenters. The molecule has 0 saturated carbocycles. The van der Waals surface area contributed by atoms with Crippen LogP contribution in [0.3, 0.4) is 0 Å². The smallest absolute Gasteiger partial charge is 0.253 e. The van der Waals surface area contributed by atoms with Gasteiger partial charge in [0.2, 0.25) is 15.9 Å². The summed E-state index contributed by atoms with van der Waals surface area (Å²) in [5.74, 6) is 0.251. The van der Waals surface area contributed by atoms with Crippen LogP contribution in [-0.4, -0.2) is 51.0 Å². The number of piperidine rings is 1. The quantitative estimate of drug-likeness (QED) is 0.667. The first-order chi connectivity index (χ1) is 14.7. The average Bonchev–Trinajstić information content (AvgIpc) is 2.73. The second-order valence-corrected chi connectivity index (χ2v) is 9.38. The van der Waals surface area contributed by atoms with Gasteiger partial charge in [0.1, 0.15) is 16.3 Å². The zero-order valence-electron chi connectivity index (χ0n) is 17.3. The van der Waals surface area contributed by atoms with Gasteiger partial charge in [-0.05, 0) is 36.4 Å². The molecule has 2 aliphatic heterocycles. The number of likely N-dealkylation sites (tertiary alicyclic amines) is 1. The van der Waals surface area contributed by atoms with Gasteiger partial charge in [-0.25, -0.2) is 8.42 Å². The third-order valence-electron chi connectivity index (χ3n) is 5.54. The molecule has 0 bridgehead atoms. The second kappa shape index (κ2) is 7.86. The minimum Gasteiger partial charge on any atom is -0.497 e. The Morgan fingerprint density at radius 1 is 1.10 bits per heavy atom. The number of amides is 2. The van der Waals surface area contributed by atoms with Crippen molar-refractivity contribution in [3.05, 3.63) is 48.0 Å². The molecule has 10 heteroatoms. The van der Waals surface area contributed by atoms with Crippen LogP contribution in [0.15, 0.2) is 47.4 Å². The van der Waals surface area contributed by atoms with Crippen LogP contribution in [0.1, 0.15) is 30.1 Å². The van der Waals surface area contributed by atoms with Crippen LogP contribution in [-0.2, 0) is 14.8 Å². The highest BCUT2D eigenvalue weighted by Crippen LogP contribution is 2.37. The van der Waals surface area contributed by atoms with Crippen molar-refractivity contribution in [2.45, 2.75) is 30.3 Å². The molecule has 9 nitrogen and oxygen atoms in total. The fraction of sp³-hybridized carbons (Fsp3) is 0.333. The summed E-state index contributed by atoms with van der Waals surface area (Å²) < 4.78 is 33.6. The summed E-state index contributed by atoms with van der Waals surface area (Å²) in [4.78, 5) is 25.9. The van der Waals surface area contributed by atoms with Crippen LogP contribution in [0.2, 0.25) is 0 Å². The Morgan fingerprint density at radius 2 is 1.77 bits per heavy atom. The Morgan fingerprint density at radius 3 is 2.39 bits per heavy atom. The molecule has 0 atom stereocenters. The minimum absolute atomic E-state index is 0.134. The SMILES string of the molecule is COc1ccc2c(c1)NC1(CCN(C(=O)c3ccc(NC(C)=O)cc3)CC1)NS2(=O)=O. The number of ether oxygens (including phenoxy) is 1. The first kappa shape index (κ1) is 21.1. The van der Waals surface area contributed by atoms with Crippen LogP contribution >= 0.6 is 0 Å². The first-order valence-corrected chi connectivity index (χ1v) is 11.4. The molecule has 164 valence electrons. The largest absolute Gasteiger partial charge is 0.497 e. The number of rotatable bonds is 3. The zero-order chi connectivity index (χ0) is 22.2. The van der Waals surface area contributed by atoms with Crippen LogP contribution in [0.5, 0.6) is 5.75 Å². The fourth-order valence-electron chi connectivity index (χ4n) is 3.96. The molecule has 1 fully saturated rings. The molecule has 1 spiro atoms. The number of benzene rings is 2. The van der Waals surface area contributed by atoms with E-state index in [0.717, 1.165) is 0 Å². The lowest BCUT2D eigenvalue weighted by Crippen LogP contribution is -2.62. The van der Waals surface area contributed by atoms with Crippen molar-refractivity contribution >= 4 is 33.2 Å². The Bertz CT molecular complexity index is 1120. The van der Waals surface area contributed by atoms with E-state index in [1.807, 2.05) is 0 Å². The summed E-state index contributed by atoms with van der Waals surface area (Å²) in [6, 6.07) is 11.5. The summed E-state index contributed by atoms with van der Waals surface area (Å²) in [6.45, 7) is 2.20. The number of carbonyl (C=O) groups excluding carboxylic acids is 2. The Hall–Kier alpha value is -3.11. The van der Waals surface area contributed by atoms with E-state index in [2.05, 4.69) is 15.4 Å². The van der Waals surface area contributed by atoms with Gasteiger partial charge in [-0.15, -0.1) is 0 Å². The summed E-state index contributed by atoms with van der Waals surface area (Å²) in [7, 11) is -2.16. The third-order valence-corrected chi connectivity index (χ3v) is 7.13. The van der Waals surface area contributed by atoms with E-state index in [9.17, 15) is 18.0 Å². The lowest BCUT2D eigenvalue weighted by Gasteiger charge is -2.45. The van der Waals surface area contributed by atoms with Crippen LogP contribution in [0.25, 0.3) is 0 Å². The molecule has 0 aromatic heterocycles. The Kier molecular flexibility index (Phi) is 5.36. The molecule has 0 aliphatic carbocycles. The molecule has 2 heterocycles. The molecule has 31 heavy (non-hydrogen) atoms. The monoisotopic (exact) mass is 444 g/mol. The van der Waals surface area contributed by atoms with Gasteiger partial charge < -0.3 is 20.3 Å². The van der Waals surface area contributed by atoms with Crippen molar-refractivity contribution in [1.82, 2.24) is 9.62 Å². The number of sulfonamides is 1. The van der Waals surface area contributed by atoms with E-state index < -0.39 is 15.7 Å². The average molecular weight is 445 g/mol. The van der Waals surface area contributed by atoms with Crippen LogP contribution in [0.4, 0.5) is 11.4 Å². The van der Waals surface area contributed by atoms with Gasteiger partial charge in [-0.3, -0.25) is 9.59 Å². The van der Waals surface area contributed by atoms with Crippen molar-refractivity contribution in [2.75, 3.05) is 30.8 Å². The van der Waals surface area contributed by atoms with Crippen LogP contribution in [0, 0.1) is 0 Å². The van der Waals surface area contributed by atoms with Crippen molar-refractivity contribution in [2.24, 2.45) is 0 Å². The normalized spacial score (nSPS) is 18.6. The van der Waals surface area contributed by atoms with E-state index in [0.29, 0.717) is 48.6 Å². The van der Waals surface area contributed by atoms with Crippen molar-refractivity contribution in [3.8, 4) is 5.75 Å². The van der Waals surface area contributed by atoms with E-state index in [4.69, 9.17) is 4.74 Å². The summed E-state index contributed by atoms with van der Waals surface area (Å²) in [5.41, 5.74) is 0.768. The minimum atomic E-state index is -3.69. The Balaban J connectivity index is 1.47. The standard InChI is InChI=1S/C21H24N4O5S/c1-14(26)22-16-5-3-15(4-6-16)20(27)25-11-9-21(10-12-25)23-18-13-17(30-2)7-8-19(18)31(28,29)24-21/h3-8,13,23-24H,9-12H2,1-2H3,(H,22,26). The lowest BCUT2D eigenvalue weighted by atomic mass is 9.96. The molecule has 2 aromatic rings. The van der Waals surface area contributed by atoms with Crippen LogP contribution < -0.4 is 20.1 Å². The Labute approximate surface area is 180 Å². The molecular weight excluding hydrogens is 420 g/mol. The number of anilines is 2. The molecule has 0 radical (unpaired) electrons. The van der Waals surface area contributed by atoms with E-state index >= 15 is 0 Å². The van der Waals surface area contributed by atoms with E-state index in [1.165, 1.54) is 20.1 Å². The number of methoxy groups -OCH3 is 1. The zero-order valence-corrected chi connectivity index (χ0v) is 18.1. The van der Waals surface area contributed by atoms with Gasteiger partial charge in [0.15, 0.2) is 0 Å². The molecule has 3 N–H and O–H groups in total. The number of hydrogen-bond acceptors (Lipinski definition) is 6. The van der Waals surface area contributed by atoms with E-state index in [1.54, 1.807) is 41.3 Å². The molecular formula is C21H24N4O5S. The highest BCUT2D eigenvalue weighted by Gasteiger charge is 2.44. The summed E-state index contributed by atoms with van der Waals surface area (Å²) in [5, 5.41) is 5.99. The fourth-order valence-corrected chi connectivity index (χ4v) is 5.49. The molecule has 2 aromatic carbocycles. The second-order valence-electron chi connectivity index (χ2n) is 7.73. The van der Waals surface area contributed by atoms with Gasteiger partial charge in [0.25, 0.3) is 5.91 Å². The number of fused-ring (bicyclic) bond motifs is 1. The molecule has 2 amide bonds. The highest BCUT2D eigenvalue weighted by molar-refractivity contribution is 7.89. The van der Waals surface area contributed by atoms with Crippen molar-refractivity contribution < 1.29 is 22.7 Å². The van der Waals surface area contributed by atoms with E-state index in [-0.39, 0.29) is 16.7 Å². The summed E-state index contributed by atoms with van der Waals surface area (Å²) in [6.07, 6.45) is 0.831. The maximum absolute atomic E-state index is 12.9. The molecule has 4 rings (SSSR count). The molecule has 1 saturated heterocycles. The van der Waals surface area contributed by atoms with Gasteiger partial charge in [-0.1, -0.05) is 0 Å². The number of carbonyl (C=O) groups is 2. The molecule has 2 aliphatic rings. The highest BCUT2D eigenvalue weighted by atomic mass is 32.2. The maximum Gasteiger partial charge on any atom is 0.253 e. The van der Waals surface area contributed by atoms with Crippen molar-refractivity contribution in [1.29, 1.82) is 0 Å². The van der Waals surface area contributed by atoms with Crippen molar-refractivity contribution in [3.63, 3.8) is 0 Å². The van der Waals surface area contributed by atoms with Gasteiger partial charge >= 0.3 is 0 Å². The predicted octanol–water partition coefficient (Wildman–Crippen LogP) is 1.99. The maximum atomic E-state index is 12.9. The lowest BCUT2D eigenvalue weighted by molar-refractivity contribution is -0.114. The number of nitrogens with one attached hydrogen (secondary N) is 3. The topological polar surface area (TPSA) is 117 Å². The van der Waals surface area contributed by atoms with Gasteiger partial charge in [-0.2, -0.15) is 4.72 Å². The third kappa shape index (κ3) is 4.21. The number of nitrogens with zero attached hydrogens (tertiary/aromatic N) is 1. The first-order valence-electron chi connectivity index (χ1n) is 9.88.